The molecule has 6 nitrogen and oxygen atoms in total. The summed E-state index contributed by atoms with van der Waals surface area (Å²) in [5, 5.41) is 15.7. The molecule has 0 bridgehead atoms. The topological polar surface area (TPSA) is 91.2 Å². The summed E-state index contributed by atoms with van der Waals surface area (Å²) in [4.78, 5) is 24.8. The van der Waals surface area contributed by atoms with E-state index in [4.69, 9.17) is 27.9 Å². The second-order valence-electron chi connectivity index (χ2n) is 7.41. The third-order valence-corrected chi connectivity index (χ3v) is 5.70. The quantitative estimate of drug-likeness (QED) is 0.304. The van der Waals surface area contributed by atoms with E-state index in [0.717, 1.165) is 11.1 Å². The van der Waals surface area contributed by atoms with Crippen molar-refractivity contribution < 1.29 is 14.3 Å². The number of carbonyl (C=O) groups is 2. The molecule has 172 valence electrons. The van der Waals surface area contributed by atoms with Gasteiger partial charge in [-0.25, -0.2) is 0 Å². The zero-order chi connectivity index (χ0) is 24.7. The number of nitriles is 1. The van der Waals surface area contributed by atoms with Gasteiger partial charge in [0.15, 0.2) is 6.61 Å². The van der Waals surface area contributed by atoms with Crippen LogP contribution in [0.3, 0.4) is 0 Å². The van der Waals surface area contributed by atoms with E-state index < -0.39 is 5.91 Å². The highest BCUT2D eigenvalue weighted by atomic mass is 35.5. The largest absolute Gasteiger partial charge is 0.484 e. The fraction of sp³-hybridized carbons (Fsp3) is 0.115. The first-order valence-corrected chi connectivity index (χ1v) is 11.0. The Bertz CT molecular complexity index is 1310. The Morgan fingerprint density at radius 2 is 1.76 bits per heavy atom. The fourth-order valence-electron chi connectivity index (χ4n) is 3.01. The number of hydrogen-bond acceptors (Lipinski definition) is 4. The summed E-state index contributed by atoms with van der Waals surface area (Å²) in [5.41, 5.74) is 3.63. The molecule has 2 N–H and O–H groups in total. The molecule has 0 aromatic heterocycles. The molecule has 8 heteroatoms. The maximum atomic E-state index is 12.6. The van der Waals surface area contributed by atoms with Gasteiger partial charge in [-0.1, -0.05) is 47.5 Å². The van der Waals surface area contributed by atoms with E-state index in [2.05, 4.69) is 10.6 Å². The molecule has 3 rings (SSSR count). The smallest absolute Gasteiger partial charge is 0.266 e. The van der Waals surface area contributed by atoms with Crippen molar-refractivity contribution in [3.63, 3.8) is 0 Å². The molecule has 3 aromatic rings. The highest BCUT2D eigenvalue weighted by Gasteiger charge is 2.12. The van der Waals surface area contributed by atoms with Gasteiger partial charge in [0.1, 0.15) is 17.4 Å². The third kappa shape index (κ3) is 6.61. The summed E-state index contributed by atoms with van der Waals surface area (Å²) < 4.78 is 5.55. The first-order chi connectivity index (χ1) is 16.3. The average molecular weight is 494 g/mol. The predicted molar refractivity (Wildman–Crippen MR) is 135 cm³/mol. The Hall–Kier alpha value is -3.79. The molecule has 0 spiro atoms. The van der Waals surface area contributed by atoms with Crippen molar-refractivity contribution in [1.82, 2.24) is 0 Å². The number of amides is 2. The average Bonchev–Trinajstić information content (AvgIpc) is 2.81. The summed E-state index contributed by atoms with van der Waals surface area (Å²) in [5.74, 6) is -0.487. The lowest BCUT2D eigenvalue weighted by molar-refractivity contribution is -0.118. The second-order valence-corrected chi connectivity index (χ2v) is 8.22. The van der Waals surface area contributed by atoms with E-state index in [9.17, 15) is 14.9 Å². The first-order valence-electron chi connectivity index (χ1n) is 10.2. The monoisotopic (exact) mass is 493 g/mol. The predicted octanol–water partition coefficient (Wildman–Crippen LogP) is 6.17. The number of hydrogen-bond donors (Lipinski definition) is 2. The van der Waals surface area contributed by atoms with Crippen LogP contribution in [0.15, 0.2) is 66.2 Å². The molecular formula is C26H21Cl2N3O3. The van der Waals surface area contributed by atoms with Crippen LogP contribution in [0, 0.1) is 25.2 Å². The third-order valence-electron chi connectivity index (χ3n) is 4.96. The number of anilines is 2. The van der Waals surface area contributed by atoms with Crippen molar-refractivity contribution in [3.05, 3.63) is 93.0 Å². The first kappa shape index (κ1) is 24.8. The van der Waals surface area contributed by atoms with Gasteiger partial charge in [-0.05, 0) is 73.0 Å². The number of benzene rings is 3. The van der Waals surface area contributed by atoms with Crippen molar-refractivity contribution in [1.29, 1.82) is 5.26 Å². The maximum Gasteiger partial charge on any atom is 0.266 e. The molecule has 0 unspecified atom stereocenters. The van der Waals surface area contributed by atoms with Crippen molar-refractivity contribution >= 4 is 52.5 Å². The number of rotatable bonds is 7. The summed E-state index contributed by atoms with van der Waals surface area (Å²) in [6.07, 6.45) is 1.46. The van der Waals surface area contributed by atoms with E-state index in [1.54, 1.807) is 48.5 Å². The number of aryl methyl sites for hydroxylation is 1. The van der Waals surface area contributed by atoms with Gasteiger partial charge in [-0.3, -0.25) is 9.59 Å². The second kappa shape index (κ2) is 11.4. The SMILES string of the molecule is Cc1cccc(NC(=O)/C(C#N)=C\c2cccc(OCC(=O)Nc3ccc(Cl)c(Cl)c3)c2)c1C. The van der Waals surface area contributed by atoms with Gasteiger partial charge in [0.05, 0.1) is 10.0 Å². The van der Waals surface area contributed by atoms with E-state index in [1.807, 2.05) is 32.0 Å². The molecule has 0 radical (unpaired) electrons. The number of nitrogens with zero attached hydrogens (tertiary/aromatic N) is 1. The number of carbonyl (C=O) groups excluding carboxylic acids is 2. The Morgan fingerprint density at radius 1 is 1.00 bits per heavy atom. The van der Waals surface area contributed by atoms with Crippen LogP contribution in [0.25, 0.3) is 6.08 Å². The Morgan fingerprint density at radius 3 is 2.50 bits per heavy atom. The highest BCUT2D eigenvalue weighted by Crippen LogP contribution is 2.25. The van der Waals surface area contributed by atoms with E-state index in [0.29, 0.717) is 32.7 Å². The fourth-order valence-corrected chi connectivity index (χ4v) is 3.30. The zero-order valence-corrected chi connectivity index (χ0v) is 20.0. The van der Waals surface area contributed by atoms with E-state index in [1.165, 1.54) is 6.08 Å². The van der Waals surface area contributed by atoms with Crippen LogP contribution in [-0.4, -0.2) is 18.4 Å². The van der Waals surface area contributed by atoms with Crippen molar-refractivity contribution in [2.24, 2.45) is 0 Å². The van der Waals surface area contributed by atoms with Gasteiger partial charge in [0.2, 0.25) is 0 Å². The lowest BCUT2D eigenvalue weighted by Gasteiger charge is -2.10. The lowest BCUT2D eigenvalue weighted by Crippen LogP contribution is -2.20. The van der Waals surface area contributed by atoms with E-state index in [-0.39, 0.29) is 18.1 Å². The highest BCUT2D eigenvalue weighted by molar-refractivity contribution is 6.42. The van der Waals surface area contributed by atoms with Crippen LogP contribution in [-0.2, 0) is 9.59 Å². The van der Waals surface area contributed by atoms with Crippen LogP contribution < -0.4 is 15.4 Å². The van der Waals surface area contributed by atoms with Gasteiger partial charge in [-0.2, -0.15) is 5.26 Å². The molecule has 0 heterocycles. The minimum atomic E-state index is -0.511. The summed E-state index contributed by atoms with van der Waals surface area (Å²) >= 11 is 11.8. The molecule has 0 aliphatic carbocycles. The van der Waals surface area contributed by atoms with Gasteiger partial charge in [0.25, 0.3) is 11.8 Å². The van der Waals surface area contributed by atoms with Crippen LogP contribution in [0.1, 0.15) is 16.7 Å². The van der Waals surface area contributed by atoms with Gasteiger partial charge in [0, 0.05) is 11.4 Å². The standard InChI is InChI=1S/C26H21Cl2N3O3/c1-16-5-3-8-24(17(16)2)31-26(33)19(14-29)11-18-6-4-7-21(12-18)34-15-25(32)30-20-9-10-22(27)23(28)13-20/h3-13H,15H2,1-2H3,(H,30,32)(H,31,33)/b19-11-. The summed E-state index contributed by atoms with van der Waals surface area (Å²) in [7, 11) is 0. The van der Waals surface area contributed by atoms with Gasteiger partial charge in [-0.15, -0.1) is 0 Å². The molecule has 0 saturated carbocycles. The van der Waals surface area contributed by atoms with Crippen molar-refractivity contribution in [3.8, 4) is 11.8 Å². The number of ether oxygens (including phenoxy) is 1. The van der Waals surface area contributed by atoms with Gasteiger partial charge >= 0.3 is 0 Å². The van der Waals surface area contributed by atoms with Crippen LogP contribution >= 0.6 is 23.2 Å². The van der Waals surface area contributed by atoms with Crippen LogP contribution in [0.2, 0.25) is 10.0 Å². The van der Waals surface area contributed by atoms with Crippen molar-refractivity contribution in [2.45, 2.75) is 13.8 Å². The maximum absolute atomic E-state index is 12.6. The minimum Gasteiger partial charge on any atom is -0.484 e. The molecule has 3 aromatic carbocycles. The normalized spacial score (nSPS) is 10.9. The molecule has 0 fully saturated rings. The summed E-state index contributed by atoms with van der Waals surface area (Å²) in [6.45, 7) is 3.60. The molecule has 0 aliphatic heterocycles. The van der Waals surface area contributed by atoms with Crippen LogP contribution in [0.4, 0.5) is 11.4 Å². The van der Waals surface area contributed by atoms with Crippen molar-refractivity contribution in [2.75, 3.05) is 17.2 Å². The van der Waals surface area contributed by atoms with Gasteiger partial charge < -0.3 is 15.4 Å². The summed E-state index contributed by atoms with van der Waals surface area (Å²) in [6, 6.07) is 19.0. The molecule has 0 atom stereocenters. The van der Waals surface area contributed by atoms with E-state index >= 15 is 0 Å². The minimum absolute atomic E-state index is 0.0598. The Labute approximate surface area is 207 Å². The lowest BCUT2D eigenvalue weighted by atomic mass is 10.1. The number of nitrogens with one attached hydrogen (secondary N) is 2. The zero-order valence-electron chi connectivity index (χ0n) is 18.5. The molecular weight excluding hydrogens is 473 g/mol. The molecule has 0 aliphatic rings. The number of halogens is 2. The molecule has 2 amide bonds. The molecule has 34 heavy (non-hydrogen) atoms. The Balaban J connectivity index is 1.65. The molecule has 0 saturated heterocycles. The Kier molecular flexibility index (Phi) is 8.31. The van der Waals surface area contributed by atoms with Crippen LogP contribution in [0.5, 0.6) is 5.75 Å².